The Morgan fingerprint density at radius 1 is 1.04 bits per heavy atom. The summed E-state index contributed by atoms with van der Waals surface area (Å²) in [7, 11) is 1.49. The molecule has 2 aromatic carbocycles. The van der Waals surface area contributed by atoms with Gasteiger partial charge >= 0.3 is 0 Å². The molecular formula is C20H22BrN3O3S. The summed E-state index contributed by atoms with van der Waals surface area (Å²) in [5.74, 6) is -0.105. The molecule has 0 atom stereocenters. The predicted molar refractivity (Wildman–Crippen MR) is 118 cm³/mol. The average Bonchev–Trinajstić information content (AvgIpc) is 2.60. The first-order valence-electron chi connectivity index (χ1n) is 8.47. The first-order valence-corrected chi connectivity index (χ1v) is 9.67. The second kappa shape index (κ2) is 9.16. The van der Waals surface area contributed by atoms with E-state index in [1.54, 1.807) is 42.5 Å². The first kappa shape index (κ1) is 21.8. The van der Waals surface area contributed by atoms with Crippen LogP contribution in [0.2, 0.25) is 0 Å². The highest BCUT2D eigenvalue weighted by atomic mass is 79.9. The molecule has 0 aliphatic carbocycles. The van der Waals surface area contributed by atoms with Crippen LogP contribution in [0.1, 0.15) is 41.5 Å². The zero-order valence-corrected chi connectivity index (χ0v) is 18.5. The van der Waals surface area contributed by atoms with Crippen LogP contribution in [-0.4, -0.2) is 29.6 Å². The second-order valence-corrected chi connectivity index (χ2v) is 8.36. The van der Waals surface area contributed by atoms with Crippen molar-refractivity contribution in [1.82, 2.24) is 10.6 Å². The van der Waals surface area contributed by atoms with E-state index in [0.717, 1.165) is 4.47 Å². The van der Waals surface area contributed by atoms with Gasteiger partial charge < -0.3 is 15.4 Å². The third kappa shape index (κ3) is 6.31. The van der Waals surface area contributed by atoms with Crippen molar-refractivity contribution < 1.29 is 14.3 Å². The summed E-state index contributed by atoms with van der Waals surface area (Å²) in [6.07, 6.45) is 0. The Hall–Kier alpha value is -2.45. The number of hydrogen-bond donors (Lipinski definition) is 3. The van der Waals surface area contributed by atoms with Gasteiger partial charge in [-0.15, -0.1) is 0 Å². The highest BCUT2D eigenvalue weighted by Gasteiger charge is 2.16. The molecule has 0 spiro atoms. The van der Waals surface area contributed by atoms with Crippen LogP contribution >= 0.6 is 28.1 Å². The SMILES string of the molecule is COc1ccc(Br)cc1C(=O)NC(=S)Nc1ccc(C(=O)NC(C)(C)C)cc1. The molecule has 0 bridgehead atoms. The Balaban J connectivity index is 2.01. The van der Waals surface area contributed by atoms with Gasteiger partial charge in [-0.3, -0.25) is 14.9 Å². The number of nitrogens with one attached hydrogen (secondary N) is 3. The zero-order valence-electron chi connectivity index (χ0n) is 16.1. The van der Waals surface area contributed by atoms with Crippen LogP contribution in [0.4, 0.5) is 5.69 Å². The molecule has 0 fully saturated rings. The Kier molecular flexibility index (Phi) is 7.15. The molecule has 0 radical (unpaired) electrons. The van der Waals surface area contributed by atoms with Gasteiger partial charge in [0.05, 0.1) is 12.7 Å². The zero-order chi connectivity index (χ0) is 20.9. The van der Waals surface area contributed by atoms with E-state index in [4.69, 9.17) is 17.0 Å². The van der Waals surface area contributed by atoms with Gasteiger partial charge in [0, 0.05) is 21.3 Å². The van der Waals surface area contributed by atoms with Gasteiger partial charge in [-0.1, -0.05) is 15.9 Å². The number of ether oxygens (including phenoxy) is 1. The second-order valence-electron chi connectivity index (χ2n) is 7.03. The van der Waals surface area contributed by atoms with Gasteiger partial charge in [0.25, 0.3) is 11.8 Å². The van der Waals surface area contributed by atoms with Crippen LogP contribution < -0.4 is 20.7 Å². The van der Waals surface area contributed by atoms with Gasteiger partial charge in [0.2, 0.25) is 0 Å². The van der Waals surface area contributed by atoms with Crippen molar-refractivity contribution in [3.63, 3.8) is 0 Å². The van der Waals surface area contributed by atoms with Crippen LogP contribution in [0.25, 0.3) is 0 Å². The van der Waals surface area contributed by atoms with Gasteiger partial charge in [0.1, 0.15) is 5.75 Å². The molecule has 0 heterocycles. The number of rotatable bonds is 4. The summed E-state index contributed by atoms with van der Waals surface area (Å²) in [6, 6.07) is 11.9. The van der Waals surface area contributed by atoms with E-state index in [9.17, 15) is 9.59 Å². The van der Waals surface area contributed by atoms with Crippen LogP contribution in [0, 0.1) is 0 Å². The van der Waals surface area contributed by atoms with Gasteiger partial charge in [-0.2, -0.15) is 0 Å². The van der Waals surface area contributed by atoms with Gasteiger partial charge in [-0.05, 0) is 75.5 Å². The fraction of sp³-hybridized carbons (Fsp3) is 0.250. The molecule has 0 aromatic heterocycles. The molecular weight excluding hydrogens is 442 g/mol. The summed E-state index contributed by atoms with van der Waals surface area (Å²) in [6.45, 7) is 5.76. The lowest BCUT2D eigenvalue weighted by Gasteiger charge is -2.20. The number of carbonyl (C=O) groups is 2. The van der Waals surface area contributed by atoms with E-state index < -0.39 is 5.91 Å². The third-order valence-electron chi connectivity index (χ3n) is 3.53. The lowest BCUT2D eigenvalue weighted by molar-refractivity contribution is 0.0918. The highest BCUT2D eigenvalue weighted by Crippen LogP contribution is 2.22. The Labute approximate surface area is 178 Å². The molecule has 8 heteroatoms. The number of methoxy groups -OCH3 is 1. The van der Waals surface area contributed by atoms with Crippen LogP contribution in [0.5, 0.6) is 5.75 Å². The first-order chi connectivity index (χ1) is 13.1. The highest BCUT2D eigenvalue weighted by molar-refractivity contribution is 9.10. The molecule has 2 amide bonds. The number of thiocarbonyl (C=S) groups is 1. The van der Waals surface area contributed by atoms with Crippen molar-refractivity contribution in [2.24, 2.45) is 0 Å². The third-order valence-corrected chi connectivity index (χ3v) is 4.22. The quantitative estimate of drug-likeness (QED) is 0.594. The molecule has 28 heavy (non-hydrogen) atoms. The van der Waals surface area contributed by atoms with Crippen molar-refractivity contribution in [2.75, 3.05) is 12.4 Å². The maximum atomic E-state index is 12.5. The molecule has 0 saturated heterocycles. The number of halogens is 1. The van der Waals surface area contributed by atoms with Crippen molar-refractivity contribution in [3.8, 4) is 5.75 Å². The van der Waals surface area contributed by atoms with Crippen molar-refractivity contribution >= 4 is 50.8 Å². The largest absolute Gasteiger partial charge is 0.496 e. The van der Waals surface area contributed by atoms with Gasteiger partial charge in [-0.25, -0.2) is 0 Å². The molecule has 0 aliphatic heterocycles. The molecule has 2 aromatic rings. The minimum absolute atomic E-state index is 0.138. The summed E-state index contributed by atoms with van der Waals surface area (Å²) in [4.78, 5) is 24.6. The normalized spacial score (nSPS) is 10.8. The van der Waals surface area contributed by atoms with E-state index in [-0.39, 0.29) is 16.6 Å². The maximum absolute atomic E-state index is 12.5. The molecule has 0 saturated carbocycles. The van der Waals surface area contributed by atoms with E-state index in [1.165, 1.54) is 7.11 Å². The Bertz CT molecular complexity index is 893. The van der Waals surface area contributed by atoms with Crippen molar-refractivity contribution in [2.45, 2.75) is 26.3 Å². The molecule has 0 aliphatic rings. The Morgan fingerprint density at radius 3 is 2.25 bits per heavy atom. The van der Waals surface area contributed by atoms with Gasteiger partial charge in [0.15, 0.2) is 5.11 Å². The summed E-state index contributed by atoms with van der Waals surface area (Å²) in [5.41, 5.74) is 1.23. The van der Waals surface area contributed by atoms with Crippen LogP contribution in [0.15, 0.2) is 46.9 Å². The lowest BCUT2D eigenvalue weighted by Crippen LogP contribution is -2.40. The van der Waals surface area contributed by atoms with E-state index >= 15 is 0 Å². The average molecular weight is 464 g/mol. The summed E-state index contributed by atoms with van der Waals surface area (Å²) < 4.78 is 5.96. The number of hydrogen-bond acceptors (Lipinski definition) is 4. The van der Waals surface area contributed by atoms with Crippen LogP contribution in [-0.2, 0) is 0 Å². The minimum atomic E-state index is -0.392. The molecule has 148 valence electrons. The smallest absolute Gasteiger partial charge is 0.261 e. The standard InChI is InChI=1S/C20H22BrN3O3S/c1-20(2,3)24-17(25)12-5-8-14(9-6-12)22-19(28)23-18(26)15-11-13(21)7-10-16(15)27-4/h5-11H,1-4H3,(H,24,25)(H2,22,23,26,28). The molecule has 6 nitrogen and oxygen atoms in total. The fourth-order valence-corrected chi connectivity index (χ4v) is 2.88. The van der Waals surface area contributed by atoms with Crippen molar-refractivity contribution in [1.29, 1.82) is 0 Å². The van der Waals surface area contributed by atoms with E-state index in [0.29, 0.717) is 22.6 Å². The van der Waals surface area contributed by atoms with E-state index in [2.05, 4.69) is 31.9 Å². The molecule has 3 N–H and O–H groups in total. The number of amides is 2. The number of carbonyl (C=O) groups excluding carboxylic acids is 2. The lowest BCUT2D eigenvalue weighted by atomic mass is 10.1. The summed E-state index contributed by atoms with van der Waals surface area (Å²) in [5, 5.41) is 8.58. The molecule has 2 rings (SSSR count). The molecule has 0 unspecified atom stereocenters. The van der Waals surface area contributed by atoms with Crippen LogP contribution in [0.3, 0.4) is 0 Å². The minimum Gasteiger partial charge on any atom is -0.496 e. The summed E-state index contributed by atoms with van der Waals surface area (Å²) >= 11 is 8.54. The predicted octanol–water partition coefficient (Wildman–Crippen LogP) is 4.11. The maximum Gasteiger partial charge on any atom is 0.261 e. The fourth-order valence-electron chi connectivity index (χ4n) is 2.31. The monoisotopic (exact) mass is 463 g/mol. The number of benzene rings is 2. The number of anilines is 1. The topological polar surface area (TPSA) is 79.5 Å². The van der Waals surface area contributed by atoms with Crippen molar-refractivity contribution in [3.05, 3.63) is 58.1 Å². The Morgan fingerprint density at radius 2 is 1.68 bits per heavy atom. The van der Waals surface area contributed by atoms with E-state index in [1.807, 2.05) is 20.8 Å².